The van der Waals surface area contributed by atoms with E-state index in [0.29, 0.717) is 0 Å². The molecule has 0 spiro atoms. The van der Waals surface area contributed by atoms with E-state index in [4.69, 9.17) is 4.74 Å². The molecule has 4 aromatic rings. The van der Waals surface area contributed by atoms with Crippen LogP contribution in [0.4, 0.5) is 0 Å². The molecule has 7 rings (SSSR count). The van der Waals surface area contributed by atoms with Gasteiger partial charge >= 0.3 is 0 Å². The molecule has 4 aromatic carbocycles. The van der Waals surface area contributed by atoms with Gasteiger partial charge in [0.15, 0.2) is 0 Å². The predicted octanol–water partition coefficient (Wildman–Crippen LogP) is 7.64. The Labute approximate surface area is 176 Å². The maximum atomic E-state index is 6.84. The Hall–Kier alpha value is -3.32. The molecule has 3 aliphatic rings. The van der Waals surface area contributed by atoms with Crippen molar-refractivity contribution in [3.05, 3.63) is 89.0 Å². The fraction of sp³-hybridized carbons (Fsp3) is 0.172. The lowest BCUT2D eigenvalue weighted by molar-refractivity contribution is 0.106. The van der Waals surface area contributed by atoms with E-state index in [9.17, 15) is 0 Å². The summed E-state index contributed by atoms with van der Waals surface area (Å²) in [6.07, 6.45) is 9.02. The summed E-state index contributed by atoms with van der Waals surface area (Å²) >= 11 is 0. The highest BCUT2D eigenvalue weighted by molar-refractivity contribution is 6.16. The number of benzene rings is 4. The van der Waals surface area contributed by atoms with Crippen LogP contribution in [0.2, 0.25) is 0 Å². The minimum atomic E-state index is -0.384. The van der Waals surface area contributed by atoms with Gasteiger partial charge in [0.25, 0.3) is 0 Å². The Kier molecular flexibility index (Phi) is 2.98. The van der Waals surface area contributed by atoms with Crippen LogP contribution in [0.25, 0.3) is 44.3 Å². The third kappa shape index (κ3) is 1.93. The summed E-state index contributed by atoms with van der Waals surface area (Å²) in [6, 6.07) is 20.1. The molecule has 0 saturated carbocycles. The van der Waals surface area contributed by atoms with Crippen LogP contribution in [0, 0.1) is 0 Å². The van der Waals surface area contributed by atoms with Crippen LogP contribution < -0.4 is 4.74 Å². The lowest BCUT2D eigenvalue weighted by Gasteiger charge is -2.39. The van der Waals surface area contributed by atoms with Crippen LogP contribution >= 0.6 is 0 Å². The lowest BCUT2D eigenvalue weighted by Crippen LogP contribution is -2.30. The lowest BCUT2D eigenvalue weighted by atomic mass is 9.75. The maximum Gasteiger partial charge on any atom is 0.136 e. The minimum absolute atomic E-state index is 0.384. The predicted molar refractivity (Wildman–Crippen MR) is 126 cm³/mol. The van der Waals surface area contributed by atoms with Gasteiger partial charge in [0.05, 0.1) is 0 Å². The number of rotatable bonds is 0. The van der Waals surface area contributed by atoms with Crippen LogP contribution in [0.15, 0.2) is 66.7 Å². The molecule has 0 atom stereocenters. The summed E-state index contributed by atoms with van der Waals surface area (Å²) in [5.74, 6) is 1.05. The molecule has 1 nitrogen and oxygen atoms in total. The highest BCUT2D eigenvalue weighted by Gasteiger charge is 2.38. The van der Waals surface area contributed by atoms with Crippen molar-refractivity contribution in [2.24, 2.45) is 0 Å². The van der Waals surface area contributed by atoms with E-state index in [1.165, 1.54) is 60.5 Å². The van der Waals surface area contributed by atoms with Crippen molar-refractivity contribution >= 4 is 33.2 Å². The molecule has 1 heterocycles. The van der Waals surface area contributed by atoms with E-state index in [-0.39, 0.29) is 5.60 Å². The zero-order chi connectivity index (χ0) is 20.0. The van der Waals surface area contributed by atoms with Gasteiger partial charge in [0.1, 0.15) is 11.4 Å². The quantitative estimate of drug-likeness (QED) is 0.302. The Balaban J connectivity index is 1.76. The molecule has 0 fully saturated rings. The molecule has 0 saturated heterocycles. The van der Waals surface area contributed by atoms with Gasteiger partial charge in [-0.1, -0.05) is 72.8 Å². The van der Waals surface area contributed by atoms with Crippen LogP contribution in [-0.2, 0) is 12.0 Å². The van der Waals surface area contributed by atoms with Crippen LogP contribution in [-0.4, -0.2) is 0 Å². The summed E-state index contributed by atoms with van der Waals surface area (Å²) in [6.45, 7) is 4.40. The largest absolute Gasteiger partial charge is 0.482 e. The monoisotopic (exact) mass is 386 g/mol. The first-order valence-corrected chi connectivity index (χ1v) is 10.8. The molecule has 1 aliphatic heterocycles. The zero-order valence-corrected chi connectivity index (χ0v) is 17.3. The number of ether oxygens (including phenoxy) is 1. The van der Waals surface area contributed by atoms with Gasteiger partial charge in [-0.15, -0.1) is 0 Å². The summed E-state index contributed by atoms with van der Waals surface area (Å²) < 4.78 is 6.84. The Morgan fingerprint density at radius 3 is 2.60 bits per heavy atom. The fourth-order valence-electron chi connectivity index (χ4n) is 5.80. The van der Waals surface area contributed by atoms with E-state index in [2.05, 4.69) is 86.7 Å². The number of allylic oxidation sites excluding steroid dienone is 3. The summed E-state index contributed by atoms with van der Waals surface area (Å²) in [5, 5.41) is 5.35. The maximum absolute atomic E-state index is 6.84. The topological polar surface area (TPSA) is 9.23 Å². The molecule has 0 aromatic heterocycles. The second kappa shape index (κ2) is 5.43. The molecule has 0 bridgehead atoms. The Bertz CT molecular complexity index is 1480. The van der Waals surface area contributed by atoms with E-state index in [1.807, 2.05) is 0 Å². The standard InChI is InChI=1S/C29H22O/c1-29(2)23-16-15-17-7-3-4-10-20(17)26(23)27-21-11-5-8-18-13-14-19-9-6-12-22(28(27)30-29)25(19)24(18)21/h3-8,10-12,14-16H,9,13H2,1-2H3. The molecular weight excluding hydrogens is 364 g/mol. The van der Waals surface area contributed by atoms with Gasteiger partial charge in [-0.05, 0) is 64.9 Å². The highest BCUT2D eigenvalue weighted by Crippen LogP contribution is 2.56. The van der Waals surface area contributed by atoms with Crippen molar-refractivity contribution in [3.63, 3.8) is 0 Å². The molecule has 0 unspecified atom stereocenters. The van der Waals surface area contributed by atoms with Gasteiger partial charge in [-0.2, -0.15) is 0 Å². The van der Waals surface area contributed by atoms with Gasteiger partial charge < -0.3 is 4.74 Å². The number of hydrogen-bond donors (Lipinski definition) is 0. The molecule has 0 amide bonds. The molecule has 2 aliphatic carbocycles. The molecule has 1 heteroatoms. The number of hydrogen-bond acceptors (Lipinski definition) is 1. The van der Waals surface area contributed by atoms with Crippen molar-refractivity contribution in [2.75, 3.05) is 0 Å². The second-order valence-corrected chi connectivity index (χ2v) is 9.19. The molecule has 0 N–H and O–H groups in total. The van der Waals surface area contributed by atoms with E-state index in [1.54, 1.807) is 0 Å². The van der Waals surface area contributed by atoms with Gasteiger partial charge in [-0.25, -0.2) is 0 Å². The van der Waals surface area contributed by atoms with Crippen molar-refractivity contribution < 1.29 is 4.74 Å². The van der Waals surface area contributed by atoms with E-state index in [0.717, 1.165) is 18.6 Å². The average Bonchev–Trinajstić information content (AvgIpc) is 2.77. The fourth-order valence-corrected chi connectivity index (χ4v) is 5.80. The summed E-state index contributed by atoms with van der Waals surface area (Å²) in [5.41, 5.74) is 9.03. The van der Waals surface area contributed by atoms with Crippen molar-refractivity contribution in [1.29, 1.82) is 0 Å². The molecule has 0 radical (unpaired) electrons. The third-order valence-electron chi connectivity index (χ3n) is 7.11. The van der Waals surface area contributed by atoms with Crippen molar-refractivity contribution in [3.8, 4) is 16.9 Å². The number of fused-ring (bicyclic) bond motifs is 7. The van der Waals surface area contributed by atoms with Gasteiger partial charge in [0.2, 0.25) is 0 Å². The van der Waals surface area contributed by atoms with Crippen LogP contribution in [0.3, 0.4) is 0 Å². The Morgan fingerprint density at radius 2 is 1.67 bits per heavy atom. The third-order valence-corrected chi connectivity index (χ3v) is 7.11. The first-order chi connectivity index (χ1) is 14.6. The van der Waals surface area contributed by atoms with Gasteiger partial charge in [-0.3, -0.25) is 0 Å². The van der Waals surface area contributed by atoms with Gasteiger partial charge in [0, 0.05) is 22.3 Å². The summed E-state index contributed by atoms with van der Waals surface area (Å²) in [4.78, 5) is 0. The molecular formula is C29H22O. The van der Waals surface area contributed by atoms with Crippen molar-refractivity contribution in [1.82, 2.24) is 0 Å². The summed E-state index contributed by atoms with van der Waals surface area (Å²) in [7, 11) is 0. The van der Waals surface area contributed by atoms with Crippen molar-refractivity contribution in [2.45, 2.75) is 32.3 Å². The zero-order valence-electron chi connectivity index (χ0n) is 17.3. The average molecular weight is 386 g/mol. The van der Waals surface area contributed by atoms with E-state index >= 15 is 0 Å². The second-order valence-electron chi connectivity index (χ2n) is 9.19. The molecule has 144 valence electrons. The SMILES string of the molecule is CC1(C)Oc2c3c4c5c(cccc5c2-c2c1ccc1ccccc21)CC=C4CC=C3. The molecule has 30 heavy (non-hydrogen) atoms. The Morgan fingerprint density at radius 1 is 0.800 bits per heavy atom. The van der Waals surface area contributed by atoms with E-state index < -0.39 is 0 Å². The smallest absolute Gasteiger partial charge is 0.136 e. The minimum Gasteiger partial charge on any atom is -0.482 e. The normalized spacial score (nSPS) is 17.3. The van der Waals surface area contributed by atoms with Crippen LogP contribution in [0.5, 0.6) is 5.75 Å². The first-order valence-electron chi connectivity index (χ1n) is 10.8. The first kappa shape index (κ1) is 16.5. The van der Waals surface area contributed by atoms with Crippen LogP contribution in [0.1, 0.15) is 42.5 Å². The highest BCUT2D eigenvalue weighted by atomic mass is 16.5.